The Morgan fingerprint density at radius 1 is 1.03 bits per heavy atom. The van der Waals surface area contributed by atoms with Crippen LogP contribution in [0.4, 0.5) is 5.69 Å². The first-order chi connectivity index (χ1) is 14.5. The SMILES string of the molecule is CN1CCN([C@H](CNC(=O)C(=O)NC2CCCC2)c2ccc3c(c2)CCN3C)CC1. The lowest BCUT2D eigenvalue weighted by atomic mass is 10.00. The number of fused-ring (bicyclic) bond motifs is 1. The molecule has 2 heterocycles. The number of carbonyl (C=O) groups is 2. The molecule has 0 unspecified atom stereocenters. The minimum Gasteiger partial charge on any atom is -0.374 e. The summed E-state index contributed by atoms with van der Waals surface area (Å²) < 4.78 is 0. The van der Waals surface area contributed by atoms with Crippen molar-refractivity contribution in [3.05, 3.63) is 29.3 Å². The summed E-state index contributed by atoms with van der Waals surface area (Å²) in [5.74, 6) is -1.00. The summed E-state index contributed by atoms with van der Waals surface area (Å²) in [6, 6.07) is 6.93. The molecule has 4 rings (SSSR count). The van der Waals surface area contributed by atoms with Gasteiger partial charge in [0.2, 0.25) is 0 Å². The van der Waals surface area contributed by atoms with Gasteiger partial charge in [-0.2, -0.15) is 0 Å². The molecule has 1 aromatic carbocycles. The van der Waals surface area contributed by atoms with Crippen LogP contribution in [0, 0.1) is 0 Å². The van der Waals surface area contributed by atoms with Crippen LogP contribution in [0.25, 0.3) is 0 Å². The molecule has 0 bridgehead atoms. The summed E-state index contributed by atoms with van der Waals surface area (Å²) in [5, 5.41) is 5.81. The molecule has 3 aliphatic rings. The summed E-state index contributed by atoms with van der Waals surface area (Å²) in [6.07, 6.45) is 5.28. The Balaban J connectivity index is 1.44. The lowest BCUT2D eigenvalue weighted by molar-refractivity contribution is -0.139. The van der Waals surface area contributed by atoms with Crippen LogP contribution in [0.1, 0.15) is 42.9 Å². The van der Waals surface area contributed by atoms with Crippen LogP contribution in [-0.2, 0) is 16.0 Å². The molecule has 2 fully saturated rings. The van der Waals surface area contributed by atoms with Gasteiger partial charge >= 0.3 is 11.8 Å². The molecule has 1 aliphatic carbocycles. The fourth-order valence-electron chi connectivity index (χ4n) is 4.98. The number of piperazine rings is 1. The van der Waals surface area contributed by atoms with Crippen LogP contribution in [0.5, 0.6) is 0 Å². The number of nitrogens with zero attached hydrogens (tertiary/aromatic N) is 3. The number of benzene rings is 1. The van der Waals surface area contributed by atoms with Gasteiger partial charge in [-0.3, -0.25) is 14.5 Å². The maximum absolute atomic E-state index is 12.5. The Morgan fingerprint density at radius 3 is 2.50 bits per heavy atom. The maximum atomic E-state index is 12.5. The first kappa shape index (κ1) is 21.1. The minimum atomic E-state index is -0.512. The highest BCUT2D eigenvalue weighted by Gasteiger charge is 2.28. The van der Waals surface area contributed by atoms with Crippen molar-refractivity contribution in [1.29, 1.82) is 0 Å². The summed E-state index contributed by atoms with van der Waals surface area (Å²) >= 11 is 0. The van der Waals surface area contributed by atoms with Gasteiger partial charge in [0, 0.05) is 58.0 Å². The number of rotatable bonds is 5. The largest absolute Gasteiger partial charge is 0.374 e. The molecule has 2 N–H and O–H groups in total. The number of amides is 2. The number of hydrogen-bond donors (Lipinski definition) is 2. The molecule has 2 aliphatic heterocycles. The fraction of sp³-hybridized carbons (Fsp3) is 0.652. The van der Waals surface area contributed by atoms with E-state index in [-0.39, 0.29) is 12.1 Å². The Hall–Kier alpha value is -2.12. The Bertz CT molecular complexity index is 769. The topological polar surface area (TPSA) is 67.9 Å². The molecule has 7 heteroatoms. The predicted molar refractivity (Wildman–Crippen MR) is 119 cm³/mol. The molecule has 30 heavy (non-hydrogen) atoms. The standard InChI is InChI=1S/C23H35N5O2/c1-26-11-13-28(14-12-26)21(17-7-8-20-18(15-17)9-10-27(20)2)16-24-22(29)23(30)25-19-5-3-4-6-19/h7-8,15,19,21H,3-6,9-14,16H2,1-2H3,(H,24,29)(H,25,30)/t21-/m1/s1. The van der Waals surface area contributed by atoms with Crippen molar-refractivity contribution < 1.29 is 9.59 Å². The highest BCUT2D eigenvalue weighted by Crippen LogP contribution is 2.31. The number of carbonyl (C=O) groups excluding carboxylic acids is 2. The third-order valence-corrected chi connectivity index (χ3v) is 6.95. The van der Waals surface area contributed by atoms with Crippen molar-refractivity contribution in [2.45, 2.75) is 44.2 Å². The van der Waals surface area contributed by atoms with Gasteiger partial charge in [0.15, 0.2) is 0 Å². The lowest BCUT2D eigenvalue weighted by Crippen LogP contribution is -2.50. The molecule has 0 aromatic heterocycles. The van der Waals surface area contributed by atoms with Crippen LogP contribution < -0.4 is 15.5 Å². The Labute approximate surface area is 179 Å². The zero-order chi connectivity index (χ0) is 21.1. The summed E-state index contributed by atoms with van der Waals surface area (Å²) in [4.78, 5) is 31.8. The molecule has 0 radical (unpaired) electrons. The van der Waals surface area contributed by atoms with Gasteiger partial charge in [-0.1, -0.05) is 25.0 Å². The first-order valence-electron chi connectivity index (χ1n) is 11.4. The highest BCUT2D eigenvalue weighted by molar-refractivity contribution is 6.35. The van der Waals surface area contributed by atoms with E-state index in [1.807, 2.05) is 0 Å². The van der Waals surface area contributed by atoms with Crippen LogP contribution in [0.2, 0.25) is 0 Å². The smallest absolute Gasteiger partial charge is 0.309 e. The van der Waals surface area contributed by atoms with Crippen LogP contribution in [0.3, 0.4) is 0 Å². The number of anilines is 1. The van der Waals surface area contributed by atoms with E-state index in [0.29, 0.717) is 6.54 Å². The molecule has 2 amide bonds. The second-order valence-electron chi connectivity index (χ2n) is 9.08. The molecule has 0 spiro atoms. The molecule has 1 saturated heterocycles. The number of hydrogen-bond acceptors (Lipinski definition) is 5. The van der Waals surface area contributed by atoms with E-state index in [1.165, 1.54) is 16.8 Å². The minimum absolute atomic E-state index is 0.0816. The van der Waals surface area contributed by atoms with E-state index < -0.39 is 11.8 Å². The zero-order valence-electron chi connectivity index (χ0n) is 18.3. The maximum Gasteiger partial charge on any atom is 0.309 e. The van der Waals surface area contributed by atoms with Crippen molar-refractivity contribution in [3.8, 4) is 0 Å². The summed E-state index contributed by atoms with van der Waals surface area (Å²) in [7, 11) is 4.28. The third kappa shape index (κ3) is 4.78. The molecule has 7 nitrogen and oxygen atoms in total. The summed E-state index contributed by atoms with van der Waals surface area (Å²) in [5.41, 5.74) is 3.90. The van der Waals surface area contributed by atoms with Crippen LogP contribution in [-0.4, -0.2) is 81.0 Å². The molecule has 1 aromatic rings. The lowest BCUT2D eigenvalue weighted by Gasteiger charge is -2.38. The van der Waals surface area contributed by atoms with Gasteiger partial charge < -0.3 is 20.4 Å². The van der Waals surface area contributed by atoms with E-state index in [0.717, 1.165) is 64.8 Å². The van der Waals surface area contributed by atoms with E-state index in [9.17, 15) is 9.59 Å². The molecular formula is C23H35N5O2. The van der Waals surface area contributed by atoms with Gasteiger partial charge in [-0.25, -0.2) is 0 Å². The second-order valence-corrected chi connectivity index (χ2v) is 9.08. The Morgan fingerprint density at radius 2 is 1.77 bits per heavy atom. The van der Waals surface area contributed by atoms with E-state index in [1.54, 1.807) is 0 Å². The van der Waals surface area contributed by atoms with Gasteiger partial charge in [-0.15, -0.1) is 0 Å². The van der Waals surface area contributed by atoms with Gasteiger partial charge in [0.25, 0.3) is 0 Å². The van der Waals surface area contributed by atoms with Crippen molar-refractivity contribution in [3.63, 3.8) is 0 Å². The van der Waals surface area contributed by atoms with Gasteiger partial charge in [-0.05, 0) is 43.5 Å². The van der Waals surface area contributed by atoms with Crippen molar-refractivity contribution in [1.82, 2.24) is 20.4 Å². The van der Waals surface area contributed by atoms with Crippen LogP contribution in [0.15, 0.2) is 18.2 Å². The Kier molecular flexibility index (Phi) is 6.58. The van der Waals surface area contributed by atoms with E-state index in [4.69, 9.17) is 0 Å². The van der Waals surface area contributed by atoms with Crippen molar-refractivity contribution >= 4 is 17.5 Å². The number of nitrogens with one attached hydrogen (secondary N) is 2. The third-order valence-electron chi connectivity index (χ3n) is 6.95. The van der Waals surface area contributed by atoms with Crippen molar-refractivity contribution in [2.75, 3.05) is 58.3 Å². The first-order valence-corrected chi connectivity index (χ1v) is 11.4. The van der Waals surface area contributed by atoms with Gasteiger partial charge in [0.05, 0.1) is 6.04 Å². The quantitative estimate of drug-likeness (QED) is 0.709. The normalized spacial score (nSPS) is 21.5. The molecule has 1 saturated carbocycles. The average molecular weight is 414 g/mol. The zero-order valence-corrected chi connectivity index (χ0v) is 18.3. The second kappa shape index (κ2) is 9.35. The number of likely N-dealkylation sites (N-methyl/N-ethyl adjacent to an activating group) is 2. The average Bonchev–Trinajstić information content (AvgIpc) is 3.39. The highest BCUT2D eigenvalue weighted by atomic mass is 16.2. The van der Waals surface area contributed by atoms with E-state index >= 15 is 0 Å². The molecular weight excluding hydrogens is 378 g/mol. The van der Waals surface area contributed by atoms with Crippen LogP contribution >= 0.6 is 0 Å². The predicted octanol–water partition coefficient (Wildman–Crippen LogP) is 1.14. The fourth-order valence-corrected chi connectivity index (χ4v) is 4.98. The van der Waals surface area contributed by atoms with E-state index in [2.05, 4.69) is 57.6 Å². The summed E-state index contributed by atoms with van der Waals surface area (Å²) in [6.45, 7) is 5.45. The molecule has 1 atom stereocenters. The molecule has 164 valence electrons. The van der Waals surface area contributed by atoms with Crippen molar-refractivity contribution in [2.24, 2.45) is 0 Å². The van der Waals surface area contributed by atoms with Gasteiger partial charge in [0.1, 0.15) is 0 Å². The monoisotopic (exact) mass is 413 g/mol.